The van der Waals surface area contributed by atoms with Crippen LogP contribution >= 0.6 is 23.0 Å². The van der Waals surface area contributed by atoms with Crippen LogP contribution in [0.1, 0.15) is 6.42 Å². The van der Waals surface area contributed by atoms with Gasteiger partial charge in [-0.15, -0.1) is 0 Å². The molecule has 0 aromatic heterocycles. The lowest BCUT2D eigenvalue weighted by atomic mass is 10.4. The van der Waals surface area contributed by atoms with E-state index in [1.807, 2.05) is 23.0 Å². The zero-order chi connectivity index (χ0) is 9.40. The summed E-state index contributed by atoms with van der Waals surface area (Å²) in [4.78, 5) is 4.50. The van der Waals surface area contributed by atoms with Crippen LogP contribution in [0.25, 0.3) is 0 Å². The molecule has 0 fully saturated rings. The number of hydrogen-bond acceptors (Lipinski definition) is 3. The van der Waals surface area contributed by atoms with Gasteiger partial charge in [-0.1, -0.05) is 0 Å². The molecule has 0 unspecified atom stereocenters. The van der Waals surface area contributed by atoms with Crippen molar-refractivity contribution < 1.29 is 3.07 Å². The van der Waals surface area contributed by atoms with E-state index in [0.29, 0.717) is 0 Å². The summed E-state index contributed by atoms with van der Waals surface area (Å²) in [6.45, 7) is 4.16. The number of halogens is 1. The molecule has 0 amide bonds. The topological polar surface area (TPSA) is 15.7 Å². The molecule has 12 heavy (non-hydrogen) atoms. The van der Waals surface area contributed by atoms with Crippen molar-refractivity contribution >= 4 is 23.0 Å². The van der Waals surface area contributed by atoms with Crippen molar-refractivity contribution in [1.82, 2.24) is 9.80 Å². The fourth-order valence-electron chi connectivity index (χ4n) is 0.959. The van der Waals surface area contributed by atoms with Crippen LogP contribution in [0.4, 0.5) is 0 Å². The monoisotopic (exact) mass is 286 g/mol. The van der Waals surface area contributed by atoms with Crippen molar-refractivity contribution in [2.24, 2.45) is 0 Å². The molecule has 0 spiro atoms. The maximum absolute atomic E-state index is 4.96. The van der Waals surface area contributed by atoms with Crippen LogP contribution < -0.4 is 0 Å². The Labute approximate surface area is 89.7 Å². The summed E-state index contributed by atoms with van der Waals surface area (Å²) in [7, 11) is 6.34. The van der Waals surface area contributed by atoms with E-state index in [1.165, 1.54) is 6.42 Å². The number of nitrogens with zero attached hydrogens (tertiary/aromatic N) is 2. The molecule has 0 aliphatic heterocycles. The molecule has 3 nitrogen and oxygen atoms in total. The van der Waals surface area contributed by atoms with Gasteiger partial charge in [0.2, 0.25) is 0 Å². The number of rotatable bonds is 7. The molecule has 0 aromatic rings. The minimum absolute atomic E-state index is 0.818. The Morgan fingerprint density at radius 2 is 1.75 bits per heavy atom. The molecule has 0 heterocycles. The van der Waals surface area contributed by atoms with Gasteiger partial charge < -0.3 is 12.9 Å². The Kier molecular flexibility index (Phi) is 8.64. The molecule has 0 N–H and O–H groups in total. The van der Waals surface area contributed by atoms with Crippen LogP contribution in [0.2, 0.25) is 0 Å². The molecule has 0 saturated carbocycles. The SMILES string of the molecule is CN(C)CCCN(C)CCOI. The van der Waals surface area contributed by atoms with Gasteiger partial charge in [-0.05, 0) is 40.7 Å². The molecule has 0 aliphatic carbocycles. The van der Waals surface area contributed by atoms with Crippen molar-refractivity contribution in [2.75, 3.05) is 47.4 Å². The van der Waals surface area contributed by atoms with E-state index in [2.05, 4.69) is 30.9 Å². The van der Waals surface area contributed by atoms with Crippen LogP contribution in [0, 0.1) is 0 Å². The Morgan fingerprint density at radius 3 is 2.25 bits per heavy atom. The molecule has 4 heteroatoms. The number of likely N-dealkylation sites (N-methyl/N-ethyl adjacent to an activating group) is 1. The molecule has 0 aromatic carbocycles. The predicted octanol–water partition coefficient (Wildman–Crippen LogP) is 1.24. The van der Waals surface area contributed by atoms with Crippen LogP contribution in [-0.4, -0.2) is 57.2 Å². The lowest BCUT2D eigenvalue weighted by Gasteiger charge is -2.16. The molecule has 0 radical (unpaired) electrons. The second kappa shape index (κ2) is 8.22. The largest absolute Gasteiger partial charge is 0.314 e. The summed E-state index contributed by atoms with van der Waals surface area (Å²) >= 11 is 1.93. The third kappa shape index (κ3) is 8.70. The quantitative estimate of drug-likeness (QED) is 0.655. The van der Waals surface area contributed by atoms with Gasteiger partial charge in [0.25, 0.3) is 0 Å². The lowest BCUT2D eigenvalue weighted by molar-refractivity contribution is 0.263. The molecular weight excluding hydrogens is 267 g/mol. The standard InChI is InChI=1S/C8H19IN2O/c1-10(2)5-4-6-11(3)7-8-12-9/h4-8H2,1-3H3. The summed E-state index contributed by atoms with van der Waals surface area (Å²) in [5, 5.41) is 0. The highest BCUT2D eigenvalue weighted by Crippen LogP contribution is 1.91. The highest BCUT2D eigenvalue weighted by atomic mass is 127. The maximum Gasteiger partial charge on any atom is 0.109 e. The van der Waals surface area contributed by atoms with E-state index >= 15 is 0 Å². The molecule has 0 rings (SSSR count). The van der Waals surface area contributed by atoms with Crippen LogP contribution in [0.15, 0.2) is 0 Å². The van der Waals surface area contributed by atoms with E-state index in [4.69, 9.17) is 3.07 Å². The Bertz CT molecular complexity index is 101. The molecule has 0 saturated heterocycles. The minimum Gasteiger partial charge on any atom is -0.314 e. The van der Waals surface area contributed by atoms with Crippen LogP contribution in [0.3, 0.4) is 0 Å². The van der Waals surface area contributed by atoms with Crippen molar-refractivity contribution in [3.05, 3.63) is 0 Å². The van der Waals surface area contributed by atoms with Gasteiger partial charge in [-0.3, -0.25) is 0 Å². The molecule has 74 valence electrons. The van der Waals surface area contributed by atoms with E-state index in [1.54, 1.807) is 0 Å². The van der Waals surface area contributed by atoms with Gasteiger partial charge in [-0.2, -0.15) is 0 Å². The maximum atomic E-state index is 4.96. The first-order valence-electron chi connectivity index (χ1n) is 4.23. The smallest absolute Gasteiger partial charge is 0.109 e. The fourth-order valence-corrected chi connectivity index (χ4v) is 1.16. The van der Waals surface area contributed by atoms with Gasteiger partial charge >= 0.3 is 0 Å². The van der Waals surface area contributed by atoms with E-state index in [9.17, 15) is 0 Å². The normalized spacial score (nSPS) is 11.5. The van der Waals surface area contributed by atoms with Gasteiger partial charge in [-0.25, -0.2) is 0 Å². The van der Waals surface area contributed by atoms with Crippen molar-refractivity contribution in [1.29, 1.82) is 0 Å². The second-order valence-electron chi connectivity index (χ2n) is 3.27. The van der Waals surface area contributed by atoms with Crippen molar-refractivity contribution in [3.63, 3.8) is 0 Å². The minimum atomic E-state index is 0.818. The predicted molar refractivity (Wildman–Crippen MR) is 60.6 cm³/mol. The van der Waals surface area contributed by atoms with Gasteiger partial charge in [0.05, 0.1) is 6.61 Å². The second-order valence-corrected chi connectivity index (χ2v) is 3.90. The molecule has 0 aliphatic rings. The first kappa shape index (κ1) is 12.6. The number of hydrogen-bond donors (Lipinski definition) is 0. The Morgan fingerprint density at radius 1 is 1.08 bits per heavy atom. The van der Waals surface area contributed by atoms with Gasteiger partial charge in [0.1, 0.15) is 23.0 Å². The van der Waals surface area contributed by atoms with Gasteiger partial charge in [0, 0.05) is 6.54 Å². The summed E-state index contributed by atoms with van der Waals surface area (Å²) in [6, 6.07) is 0. The zero-order valence-electron chi connectivity index (χ0n) is 8.22. The fraction of sp³-hybridized carbons (Fsp3) is 1.00. The van der Waals surface area contributed by atoms with E-state index in [-0.39, 0.29) is 0 Å². The van der Waals surface area contributed by atoms with Gasteiger partial charge in [0.15, 0.2) is 0 Å². The highest BCUT2D eigenvalue weighted by Gasteiger charge is 1.97. The molecule has 0 bridgehead atoms. The summed E-state index contributed by atoms with van der Waals surface area (Å²) < 4.78 is 4.96. The average Bonchev–Trinajstić information content (AvgIpc) is 2.00. The third-order valence-corrected chi connectivity index (χ3v) is 2.14. The average molecular weight is 286 g/mol. The van der Waals surface area contributed by atoms with Crippen molar-refractivity contribution in [3.8, 4) is 0 Å². The lowest BCUT2D eigenvalue weighted by Crippen LogP contribution is -2.26. The van der Waals surface area contributed by atoms with E-state index < -0.39 is 0 Å². The van der Waals surface area contributed by atoms with E-state index in [0.717, 1.165) is 26.2 Å². The third-order valence-electron chi connectivity index (χ3n) is 1.70. The zero-order valence-corrected chi connectivity index (χ0v) is 10.4. The summed E-state index contributed by atoms with van der Waals surface area (Å²) in [6.07, 6.45) is 1.23. The molecule has 0 atom stereocenters. The summed E-state index contributed by atoms with van der Waals surface area (Å²) in [5.74, 6) is 0. The first-order chi connectivity index (χ1) is 5.66. The Balaban J connectivity index is 3.13. The molecular formula is C8H19IN2O. The van der Waals surface area contributed by atoms with Crippen LogP contribution in [-0.2, 0) is 3.07 Å². The Hall–Kier alpha value is 0.610. The highest BCUT2D eigenvalue weighted by molar-refractivity contribution is 14.1. The van der Waals surface area contributed by atoms with Crippen LogP contribution in [0.5, 0.6) is 0 Å². The van der Waals surface area contributed by atoms with Crippen molar-refractivity contribution in [2.45, 2.75) is 6.42 Å². The first-order valence-corrected chi connectivity index (χ1v) is 5.11. The summed E-state index contributed by atoms with van der Waals surface area (Å²) in [5.41, 5.74) is 0.